The Balaban J connectivity index is 2.25. The van der Waals surface area contributed by atoms with Crippen molar-refractivity contribution in [3.63, 3.8) is 0 Å². The number of para-hydroxylation sites is 1. The van der Waals surface area contributed by atoms with Gasteiger partial charge in [-0.1, -0.05) is 25.1 Å². The van der Waals surface area contributed by atoms with Gasteiger partial charge in [0.05, 0.1) is 25.6 Å². The molecule has 0 atom stereocenters. The number of nitrogens with one attached hydrogen (secondary N) is 1. The van der Waals surface area contributed by atoms with E-state index in [4.69, 9.17) is 9.47 Å². The lowest BCUT2D eigenvalue weighted by Gasteiger charge is -2.14. The summed E-state index contributed by atoms with van der Waals surface area (Å²) in [5.41, 5.74) is 0.485. The van der Waals surface area contributed by atoms with Gasteiger partial charge in [-0.15, -0.1) is 0 Å². The summed E-state index contributed by atoms with van der Waals surface area (Å²) >= 11 is 0. The number of aromatic amines is 1. The van der Waals surface area contributed by atoms with Crippen LogP contribution in [0.3, 0.4) is 0 Å². The summed E-state index contributed by atoms with van der Waals surface area (Å²) in [5.74, 6) is 0.576. The van der Waals surface area contributed by atoms with Crippen molar-refractivity contribution in [1.82, 2.24) is 9.55 Å². The molecule has 8 heteroatoms. The fourth-order valence-corrected chi connectivity index (χ4v) is 3.16. The van der Waals surface area contributed by atoms with Crippen LogP contribution >= 0.6 is 0 Å². The molecule has 2 aromatic carbocycles. The highest BCUT2D eigenvalue weighted by molar-refractivity contribution is 6.03. The minimum Gasteiger partial charge on any atom is -0.497 e. The Morgan fingerprint density at radius 1 is 1.13 bits per heavy atom. The van der Waals surface area contributed by atoms with Gasteiger partial charge in [0.1, 0.15) is 22.7 Å². The lowest BCUT2D eigenvalue weighted by Crippen LogP contribution is -2.33. The summed E-state index contributed by atoms with van der Waals surface area (Å²) in [7, 11) is 3.05. The Kier molecular flexibility index (Phi) is 6.06. The molecule has 0 aliphatic rings. The van der Waals surface area contributed by atoms with Crippen LogP contribution < -0.4 is 20.7 Å². The molecule has 0 fully saturated rings. The average molecular weight is 409 g/mol. The first-order chi connectivity index (χ1) is 14.4. The van der Waals surface area contributed by atoms with E-state index in [1.807, 2.05) is 19.1 Å². The van der Waals surface area contributed by atoms with Gasteiger partial charge in [0, 0.05) is 6.07 Å². The molecule has 0 amide bonds. The minimum absolute atomic E-state index is 0.0711. The maximum Gasteiger partial charge on any atom is 0.335 e. The third-order valence-electron chi connectivity index (χ3n) is 4.71. The van der Waals surface area contributed by atoms with Crippen LogP contribution in [0.15, 0.2) is 57.0 Å². The quantitative estimate of drug-likeness (QED) is 0.609. The normalized spacial score (nSPS) is 11.4. The van der Waals surface area contributed by atoms with Crippen molar-refractivity contribution in [3.05, 3.63) is 74.4 Å². The van der Waals surface area contributed by atoms with E-state index in [9.17, 15) is 14.7 Å². The number of hydrogen-bond acceptors (Lipinski definition) is 6. The average Bonchev–Trinajstić information content (AvgIpc) is 2.74. The number of H-pyrrole nitrogens is 1. The van der Waals surface area contributed by atoms with E-state index in [-0.39, 0.29) is 5.56 Å². The molecule has 0 bridgehead atoms. The molecule has 8 nitrogen and oxygen atoms in total. The molecule has 1 aromatic heterocycles. The van der Waals surface area contributed by atoms with Crippen LogP contribution in [0.5, 0.6) is 17.4 Å². The molecule has 3 aromatic rings. The molecular weight excluding hydrogens is 386 g/mol. The van der Waals surface area contributed by atoms with Crippen molar-refractivity contribution < 1.29 is 14.6 Å². The smallest absolute Gasteiger partial charge is 0.335 e. The summed E-state index contributed by atoms with van der Waals surface area (Å²) in [6.45, 7) is 3.61. The van der Waals surface area contributed by atoms with Crippen molar-refractivity contribution in [3.8, 4) is 23.1 Å². The third-order valence-corrected chi connectivity index (χ3v) is 4.71. The van der Waals surface area contributed by atoms with Gasteiger partial charge in [-0.05, 0) is 37.1 Å². The number of hydrogen-bond donors (Lipinski definition) is 2. The second kappa shape index (κ2) is 8.69. The molecular formula is C22H23N3O5. The van der Waals surface area contributed by atoms with Crippen molar-refractivity contribution in [1.29, 1.82) is 0 Å². The number of aliphatic imine (C=N–C) groups is 1. The van der Waals surface area contributed by atoms with Crippen LogP contribution in [-0.2, 0) is 0 Å². The monoisotopic (exact) mass is 409 g/mol. The van der Waals surface area contributed by atoms with Crippen molar-refractivity contribution in [2.45, 2.75) is 20.3 Å². The molecule has 0 aliphatic heterocycles. The zero-order valence-electron chi connectivity index (χ0n) is 17.2. The Bertz CT molecular complexity index is 1220. The molecule has 156 valence electrons. The van der Waals surface area contributed by atoms with Gasteiger partial charge in [-0.2, -0.15) is 0 Å². The van der Waals surface area contributed by atoms with Crippen molar-refractivity contribution in [2.75, 3.05) is 14.2 Å². The number of benzene rings is 2. The van der Waals surface area contributed by atoms with Gasteiger partial charge in [-0.3, -0.25) is 9.78 Å². The number of aromatic hydroxyl groups is 1. The highest BCUT2D eigenvalue weighted by atomic mass is 16.5. The van der Waals surface area contributed by atoms with Gasteiger partial charge < -0.3 is 14.6 Å². The standard InChI is InChI=1S/C22H23N3O5/c1-5-15(23-16-11-10-14(29-3)12-18(16)30-4)19-20(26)24-22(28)25(21(19)27)17-9-7-6-8-13(17)2/h6-12,27H,5H2,1-4H3,(H,24,26,28). The summed E-state index contributed by atoms with van der Waals surface area (Å²) in [5, 5.41) is 10.9. The van der Waals surface area contributed by atoms with Crippen LogP contribution in [0.1, 0.15) is 24.5 Å². The highest BCUT2D eigenvalue weighted by Gasteiger charge is 2.20. The molecule has 0 spiro atoms. The Labute approximate surface area is 173 Å². The van der Waals surface area contributed by atoms with E-state index >= 15 is 0 Å². The van der Waals surface area contributed by atoms with Gasteiger partial charge in [0.2, 0.25) is 5.88 Å². The van der Waals surface area contributed by atoms with Crippen LogP contribution in [-0.4, -0.2) is 34.6 Å². The highest BCUT2D eigenvalue weighted by Crippen LogP contribution is 2.32. The second-order valence-corrected chi connectivity index (χ2v) is 6.53. The second-order valence-electron chi connectivity index (χ2n) is 6.53. The van der Waals surface area contributed by atoms with Crippen molar-refractivity contribution >= 4 is 11.4 Å². The number of ether oxygens (including phenoxy) is 2. The molecule has 0 radical (unpaired) electrons. The Morgan fingerprint density at radius 3 is 2.50 bits per heavy atom. The van der Waals surface area contributed by atoms with E-state index in [0.29, 0.717) is 35.0 Å². The van der Waals surface area contributed by atoms with Crippen LogP contribution in [0.2, 0.25) is 0 Å². The summed E-state index contributed by atoms with van der Waals surface area (Å²) in [6, 6.07) is 12.1. The molecule has 3 rings (SSSR count). The summed E-state index contributed by atoms with van der Waals surface area (Å²) in [6.07, 6.45) is 0.331. The van der Waals surface area contributed by atoms with Gasteiger partial charge in [0.25, 0.3) is 5.56 Å². The Morgan fingerprint density at radius 2 is 1.87 bits per heavy atom. The molecule has 30 heavy (non-hydrogen) atoms. The molecule has 0 saturated carbocycles. The number of rotatable bonds is 6. The molecule has 1 heterocycles. The van der Waals surface area contributed by atoms with E-state index in [1.54, 1.807) is 44.4 Å². The summed E-state index contributed by atoms with van der Waals surface area (Å²) in [4.78, 5) is 31.9. The predicted molar refractivity (Wildman–Crippen MR) is 115 cm³/mol. The lowest BCUT2D eigenvalue weighted by molar-refractivity contribution is 0.395. The van der Waals surface area contributed by atoms with Crippen LogP contribution in [0, 0.1) is 6.92 Å². The van der Waals surface area contributed by atoms with E-state index < -0.39 is 17.1 Å². The first kappa shape index (κ1) is 20.9. The first-order valence-electron chi connectivity index (χ1n) is 9.35. The fraction of sp³-hybridized carbons (Fsp3) is 0.227. The third kappa shape index (κ3) is 3.84. The molecule has 0 unspecified atom stereocenters. The molecule has 0 aliphatic carbocycles. The first-order valence-corrected chi connectivity index (χ1v) is 9.35. The number of nitrogens with zero attached hydrogens (tertiary/aromatic N) is 2. The maximum absolute atomic E-state index is 12.6. The van der Waals surface area contributed by atoms with Crippen LogP contribution in [0.25, 0.3) is 5.69 Å². The molecule has 2 N–H and O–H groups in total. The lowest BCUT2D eigenvalue weighted by atomic mass is 10.1. The Hall–Kier alpha value is -3.81. The van der Waals surface area contributed by atoms with E-state index in [1.165, 1.54) is 7.11 Å². The van der Waals surface area contributed by atoms with Gasteiger partial charge in [0.15, 0.2) is 0 Å². The van der Waals surface area contributed by atoms with E-state index in [0.717, 1.165) is 10.1 Å². The van der Waals surface area contributed by atoms with Gasteiger partial charge in [-0.25, -0.2) is 14.4 Å². The van der Waals surface area contributed by atoms with Crippen LogP contribution in [0.4, 0.5) is 5.69 Å². The largest absolute Gasteiger partial charge is 0.497 e. The number of aryl methyl sites for hydroxylation is 1. The fourth-order valence-electron chi connectivity index (χ4n) is 3.16. The zero-order valence-corrected chi connectivity index (χ0v) is 17.2. The SMILES string of the molecule is CCC(=Nc1ccc(OC)cc1OC)c1c(O)n(-c2ccccc2C)c(=O)[nH]c1=O. The van der Waals surface area contributed by atoms with Crippen molar-refractivity contribution in [2.24, 2.45) is 4.99 Å². The maximum atomic E-state index is 12.6. The topological polar surface area (TPSA) is 106 Å². The van der Waals surface area contributed by atoms with E-state index in [2.05, 4.69) is 9.98 Å². The zero-order chi connectivity index (χ0) is 21.8. The van der Waals surface area contributed by atoms with Gasteiger partial charge >= 0.3 is 5.69 Å². The predicted octanol–water partition coefficient (Wildman–Crippen LogP) is 3.09. The number of methoxy groups -OCH3 is 2. The minimum atomic E-state index is -0.729. The molecule has 0 saturated heterocycles. The number of aromatic nitrogens is 2. The summed E-state index contributed by atoms with van der Waals surface area (Å²) < 4.78 is 11.6.